The van der Waals surface area contributed by atoms with Crippen molar-refractivity contribution in [3.8, 4) is 18.0 Å². The molecule has 0 bridgehead atoms. The van der Waals surface area contributed by atoms with Gasteiger partial charge in [0, 0.05) is 41.2 Å². The molecule has 0 saturated heterocycles. The Bertz CT molecular complexity index is 399. The fourth-order valence-electron chi connectivity index (χ4n) is 2.05. The van der Waals surface area contributed by atoms with Gasteiger partial charge in [-0.3, -0.25) is 0 Å². The smallest absolute Gasteiger partial charge is 0.325 e. The van der Waals surface area contributed by atoms with E-state index < -0.39 is 0 Å². The number of nitrogens with zero attached hydrogens (tertiary/aromatic N) is 3. The lowest BCUT2D eigenvalue weighted by Crippen LogP contribution is -2.10. The zero-order valence-corrected chi connectivity index (χ0v) is 16.8. The summed E-state index contributed by atoms with van der Waals surface area (Å²) in [6.07, 6.45) is 5.27. The minimum Gasteiger partial charge on any atom is -0.463 e. The lowest BCUT2D eigenvalue weighted by atomic mass is 10.3. The van der Waals surface area contributed by atoms with Gasteiger partial charge in [-0.25, -0.2) is 0 Å². The highest BCUT2D eigenvalue weighted by Crippen LogP contribution is 2.16. The second-order valence-electron chi connectivity index (χ2n) is 5.83. The zero-order valence-electron chi connectivity index (χ0n) is 16.8. The highest BCUT2D eigenvalue weighted by molar-refractivity contribution is 5.09. The number of unbranched alkanes of at least 4 members (excludes halogenated alkanes) is 3. The minimum absolute atomic E-state index is 0.209. The van der Waals surface area contributed by atoms with E-state index in [-0.39, 0.29) is 18.0 Å². The van der Waals surface area contributed by atoms with Gasteiger partial charge in [-0.05, 0) is 38.5 Å². The molecule has 1 aromatic rings. The van der Waals surface area contributed by atoms with Crippen LogP contribution in [0.3, 0.4) is 0 Å². The van der Waals surface area contributed by atoms with E-state index in [9.17, 15) is 0 Å². The van der Waals surface area contributed by atoms with Crippen LogP contribution in [-0.2, 0) is 14.2 Å². The van der Waals surface area contributed by atoms with Gasteiger partial charge in [-0.2, -0.15) is 0 Å². The molecule has 0 aliphatic carbocycles. The molecule has 9 nitrogen and oxygen atoms in total. The van der Waals surface area contributed by atoms with Crippen molar-refractivity contribution in [3.05, 3.63) is 0 Å². The first kappa shape index (κ1) is 23.3. The lowest BCUT2D eigenvalue weighted by Gasteiger charge is -2.10. The molecule has 0 aliphatic rings. The average Bonchev–Trinajstić information content (AvgIpc) is 2.67. The first-order valence-corrected chi connectivity index (χ1v) is 9.41. The van der Waals surface area contributed by atoms with Crippen molar-refractivity contribution in [3.63, 3.8) is 0 Å². The highest BCUT2D eigenvalue weighted by Gasteiger charge is 2.10. The summed E-state index contributed by atoms with van der Waals surface area (Å²) in [6, 6.07) is 0.628. The Labute approximate surface area is 161 Å². The summed E-state index contributed by atoms with van der Waals surface area (Å²) < 4.78 is 31.9. The molecule has 0 aromatic carbocycles. The standard InChI is InChI=1S/C18H33N3O6/c1-22-10-4-7-13-25-16-19-17(26-14-8-5-11-23-2)21-18(20-16)27-15-9-6-12-24-3/h4-15H2,1-3H3. The van der Waals surface area contributed by atoms with Crippen LogP contribution in [0.2, 0.25) is 0 Å². The zero-order chi connectivity index (χ0) is 19.6. The molecule has 9 heteroatoms. The number of ether oxygens (including phenoxy) is 6. The molecule has 27 heavy (non-hydrogen) atoms. The van der Waals surface area contributed by atoms with Crippen LogP contribution in [0.15, 0.2) is 0 Å². The third-order valence-electron chi connectivity index (χ3n) is 3.50. The van der Waals surface area contributed by atoms with E-state index in [1.54, 1.807) is 21.3 Å². The van der Waals surface area contributed by atoms with Gasteiger partial charge in [0.05, 0.1) is 19.8 Å². The third kappa shape index (κ3) is 12.3. The van der Waals surface area contributed by atoms with Gasteiger partial charge in [0.1, 0.15) is 0 Å². The Hall–Kier alpha value is -1.71. The Kier molecular flexibility index (Phi) is 14.2. The minimum atomic E-state index is 0.209. The summed E-state index contributed by atoms with van der Waals surface area (Å²) in [5, 5.41) is 0. The molecule has 0 N–H and O–H groups in total. The third-order valence-corrected chi connectivity index (χ3v) is 3.50. The Morgan fingerprint density at radius 1 is 0.444 bits per heavy atom. The maximum absolute atomic E-state index is 5.61. The molecule has 0 aliphatic heterocycles. The van der Waals surface area contributed by atoms with Gasteiger partial charge >= 0.3 is 18.0 Å². The van der Waals surface area contributed by atoms with E-state index in [4.69, 9.17) is 28.4 Å². The molecule has 0 spiro atoms. The highest BCUT2D eigenvalue weighted by atomic mass is 16.5. The molecule has 0 saturated carbocycles. The van der Waals surface area contributed by atoms with Crippen molar-refractivity contribution in [2.24, 2.45) is 0 Å². The molecule has 0 unspecified atom stereocenters. The Balaban J connectivity index is 2.52. The van der Waals surface area contributed by atoms with Gasteiger partial charge in [-0.15, -0.1) is 15.0 Å². The van der Waals surface area contributed by atoms with E-state index in [0.717, 1.165) is 38.5 Å². The fraction of sp³-hybridized carbons (Fsp3) is 0.833. The second kappa shape index (κ2) is 16.5. The molecule has 1 aromatic heterocycles. The average molecular weight is 387 g/mol. The molecule has 0 amide bonds. The predicted octanol–water partition coefficient (Wildman–Crippen LogP) is 2.29. The van der Waals surface area contributed by atoms with Crippen LogP contribution in [0, 0.1) is 0 Å². The van der Waals surface area contributed by atoms with Crippen LogP contribution in [0.4, 0.5) is 0 Å². The topological polar surface area (TPSA) is 94.1 Å². The SMILES string of the molecule is COCCCCOc1nc(OCCCCOC)nc(OCCCCOC)n1. The van der Waals surface area contributed by atoms with Crippen LogP contribution in [-0.4, -0.2) is 75.9 Å². The van der Waals surface area contributed by atoms with Crippen molar-refractivity contribution >= 4 is 0 Å². The number of hydrogen-bond donors (Lipinski definition) is 0. The number of rotatable bonds is 18. The lowest BCUT2D eigenvalue weighted by molar-refractivity contribution is 0.174. The largest absolute Gasteiger partial charge is 0.463 e. The summed E-state index contributed by atoms with van der Waals surface area (Å²) in [4.78, 5) is 12.6. The molecule has 0 radical (unpaired) electrons. The second-order valence-corrected chi connectivity index (χ2v) is 5.83. The number of aromatic nitrogens is 3. The van der Waals surface area contributed by atoms with Gasteiger partial charge in [0.25, 0.3) is 0 Å². The van der Waals surface area contributed by atoms with Crippen LogP contribution in [0.25, 0.3) is 0 Å². The fourth-order valence-corrected chi connectivity index (χ4v) is 2.05. The summed E-state index contributed by atoms with van der Waals surface area (Å²) in [7, 11) is 5.04. The van der Waals surface area contributed by atoms with E-state index >= 15 is 0 Å². The molecular formula is C18H33N3O6. The van der Waals surface area contributed by atoms with E-state index in [1.807, 2.05) is 0 Å². The molecule has 0 atom stereocenters. The van der Waals surface area contributed by atoms with E-state index in [1.165, 1.54) is 0 Å². The van der Waals surface area contributed by atoms with Crippen LogP contribution < -0.4 is 14.2 Å². The maximum Gasteiger partial charge on any atom is 0.325 e. The van der Waals surface area contributed by atoms with E-state index in [2.05, 4.69) is 15.0 Å². The first-order valence-electron chi connectivity index (χ1n) is 9.41. The van der Waals surface area contributed by atoms with Crippen molar-refractivity contribution in [2.75, 3.05) is 61.0 Å². The van der Waals surface area contributed by atoms with Gasteiger partial charge in [0.15, 0.2) is 0 Å². The summed E-state index contributed by atoms with van der Waals surface area (Å²) in [6.45, 7) is 3.58. The summed E-state index contributed by atoms with van der Waals surface area (Å²) >= 11 is 0. The number of hydrogen-bond acceptors (Lipinski definition) is 9. The Morgan fingerprint density at radius 3 is 0.963 bits per heavy atom. The van der Waals surface area contributed by atoms with Gasteiger partial charge in [0.2, 0.25) is 0 Å². The van der Waals surface area contributed by atoms with E-state index in [0.29, 0.717) is 39.6 Å². The quantitative estimate of drug-likeness (QED) is 0.352. The Morgan fingerprint density at radius 2 is 0.704 bits per heavy atom. The monoisotopic (exact) mass is 387 g/mol. The first-order chi connectivity index (χ1) is 13.3. The van der Waals surface area contributed by atoms with Crippen molar-refractivity contribution < 1.29 is 28.4 Å². The van der Waals surface area contributed by atoms with Crippen molar-refractivity contribution in [1.82, 2.24) is 15.0 Å². The summed E-state index contributed by atoms with van der Waals surface area (Å²) in [5.41, 5.74) is 0. The molecular weight excluding hydrogens is 354 g/mol. The summed E-state index contributed by atoms with van der Waals surface area (Å²) in [5.74, 6) is 0. The molecule has 156 valence electrons. The van der Waals surface area contributed by atoms with Crippen LogP contribution in [0.5, 0.6) is 18.0 Å². The molecule has 1 rings (SSSR count). The van der Waals surface area contributed by atoms with Crippen molar-refractivity contribution in [1.29, 1.82) is 0 Å². The molecule has 1 heterocycles. The normalized spacial score (nSPS) is 10.8. The van der Waals surface area contributed by atoms with Gasteiger partial charge in [-0.1, -0.05) is 0 Å². The number of methoxy groups -OCH3 is 3. The van der Waals surface area contributed by atoms with Crippen LogP contribution in [0.1, 0.15) is 38.5 Å². The maximum atomic E-state index is 5.61. The molecule has 0 fully saturated rings. The van der Waals surface area contributed by atoms with Crippen LogP contribution >= 0.6 is 0 Å². The predicted molar refractivity (Wildman–Crippen MR) is 99.6 cm³/mol. The van der Waals surface area contributed by atoms with Crippen molar-refractivity contribution in [2.45, 2.75) is 38.5 Å². The van der Waals surface area contributed by atoms with Gasteiger partial charge < -0.3 is 28.4 Å².